The molecule has 1 aromatic rings. The van der Waals surface area contributed by atoms with Gasteiger partial charge in [-0.1, -0.05) is 20.8 Å². The van der Waals surface area contributed by atoms with Crippen LogP contribution < -0.4 is 10.0 Å². The van der Waals surface area contributed by atoms with Crippen LogP contribution in [0.15, 0.2) is 24.3 Å². The third kappa shape index (κ3) is 5.72. The summed E-state index contributed by atoms with van der Waals surface area (Å²) in [4.78, 5) is 26.5. The van der Waals surface area contributed by atoms with E-state index in [2.05, 4.69) is 10.0 Å². The van der Waals surface area contributed by atoms with Crippen molar-refractivity contribution in [1.82, 2.24) is 10.2 Å². The highest BCUT2D eigenvalue weighted by Crippen LogP contribution is 2.21. The number of nitrogens with zero attached hydrogens (tertiary/aromatic N) is 1. The average molecular weight is 381 g/mol. The quantitative estimate of drug-likeness (QED) is 0.832. The molecule has 0 bridgehead atoms. The molecule has 8 heteroatoms. The molecular formula is C18H27N3O4S. The van der Waals surface area contributed by atoms with E-state index in [-0.39, 0.29) is 17.9 Å². The molecule has 0 saturated carbocycles. The van der Waals surface area contributed by atoms with E-state index in [1.807, 2.05) is 25.7 Å². The normalized spacial score (nSPS) is 16.2. The maximum Gasteiger partial charge on any atom is 0.251 e. The van der Waals surface area contributed by atoms with E-state index < -0.39 is 15.4 Å². The van der Waals surface area contributed by atoms with Gasteiger partial charge in [0.1, 0.15) is 0 Å². The Balaban J connectivity index is 1.88. The summed E-state index contributed by atoms with van der Waals surface area (Å²) < 4.78 is 24.8. The maximum absolute atomic E-state index is 12.4. The SMILES string of the molecule is CC(C)(C)C(=O)N1CCC(NC(=O)c2ccc(NS(C)(=O)=O)cc2)CC1. The standard InChI is InChI=1S/C18H27N3O4S/c1-18(2,3)17(23)21-11-9-14(10-12-21)19-16(22)13-5-7-15(8-6-13)20-26(4,24)25/h5-8,14,20H,9-12H2,1-4H3,(H,19,22). The number of benzene rings is 1. The predicted octanol–water partition coefficient (Wildman–Crippen LogP) is 1.82. The van der Waals surface area contributed by atoms with Crippen LogP contribution in [-0.4, -0.2) is 50.5 Å². The number of nitrogens with one attached hydrogen (secondary N) is 2. The minimum Gasteiger partial charge on any atom is -0.349 e. The monoisotopic (exact) mass is 381 g/mol. The van der Waals surface area contributed by atoms with Crippen LogP contribution in [-0.2, 0) is 14.8 Å². The summed E-state index contributed by atoms with van der Waals surface area (Å²) in [5, 5.41) is 2.99. The number of amides is 2. The highest BCUT2D eigenvalue weighted by molar-refractivity contribution is 7.92. The number of likely N-dealkylation sites (tertiary alicyclic amines) is 1. The third-order valence-electron chi connectivity index (χ3n) is 4.21. The summed E-state index contributed by atoms with van der Waals surface area (Å²) in [7, 11) is -3.34. The molecule has 2 rings (SSSR count). The van der Waals surface area contributed by atoms with Crippen molar-refractivity contribution in [3.63, 3.8) is 0 Å². The molecule has 1 saturated heterocycles. The van der Waals surface area contributed by atoms with Crippen molar-refractivity contribution < 1.29 is 18.0 Å². The molecule has 1 aliphatic heterocycles. The lowest BCUT2D eigenvalue weighted by molar-refractivity contribution is -0.140. The number of hydrogen-bond acceptors (Lipinski definition) is 4. The Hall–Kier alpha value is -2.09. The van der Waals surface area contributed by atoms with Gasteiger partial charge >= 0.3 is 0 Å². The van der Waals surface area contributed by atoms with E-state index in [9.17, 15) is 18.0 Å². The van der Waals surface area contributed by atoms with E-state index in [1.165, 1.54) is 0 Å². The zero-order chi connectivity index (χ0) is 19.5. The van der Waals surface area contributed by atoms with Crippen molar-refractivity contribution in [2.75, 3.05) is 24.1 Å². The van der Waals surface area contributed by atoms with Gasteiger partial charge in [-0.2, -0.15) is 0 Å². The summed E-state index contributed by atoms with van der Waals surface area (Å²) in [5.74, 6) is -0.0623. The van der Waals surface area contributed by atoms with Crippen molar-refractivity contribution in [3.8, 4) is 0 Å². The molecule has 0 radical (unpaired) electrons. The first kappa shape index (κ1) is 20.2. The second-order valence-electron chi connectivity index (χ2n) is 7.74. The second kappa shape index (κ2) is 7.65. The lowest BCUT2D eigenvalue weighted by Gasteiger charge is -2.36. The van der Waals surface area contributed by atoms with Gasteiger partial charge in [-0.15, -0.1) is 0 Å². The van der Waals surface area contributed by atoms with E-state index in [0.29, 0.717) is 24.3 Å². The van der Waals surface area contributed by atoms with Crippen molar-refractivity contribution in [2.24, 2.45) is 5.41 Å². The number of carbonyl (C=O) groups excluding carboxylic acids is 2. The zero-order valence-electron chi connectivity index (χ0n) is 15.7. The Morgan fingerprint density at radius 3 is 2.08 bits per heavy atom. The van der Waals surface area contributed by atoms with E-state index in [4.69, 9.17) is 0 Å². The number of carbonyl (C=O) groups is 2. The molecule has 1 aliphatic rings. The van der Waals surface area contributed by atoms with Crippen LogP contribution in [0.25, 0.3) is 0 Å². The molecule has 0 atom stereocenters. The van der Waals surface area contributed by atoms with E-state index in [1.54, 1.807) is 24.3 Å². The number of rotatable bonds is 4. The number of sulfonamides is 1. The molecule has 2 amide bonds. The first-order chi connectivity index (χ1) is 12.0. The third-order valence-corrected chi connectivity index (χ3v) is 4.82. The lowest BCUT2D eigenvalue weighted by Crippen LogP contribution is -2.49. The zero-order valence-corrected chi connectivity index (χ0v) is 16.5. The highest BCUT2D eigenvalue weighted by atomic mass is 32.2. The Bertz CT molecular complexity index is 759. The first-order valence-electron chi connectivity index (χ1n) is 8.64. The van der Waals surface area contributed by atoms with Gasteiger partial charge in [0.2, 0.25) is 15.9 Å². The predicted molar refractivity (Wildman–Crippen MR) is 101 cm³/mol. The van der Waals surface area contributed by atoms with Crippen LogP contribution in [0.1, 0.15) is 44.0 Å². The maximum atomic E-state index is 12.4. The molecule has 2 N–H and O–H groups in total. The Morgan fingerprint density at radius 1 is 1.08 bits per heavy atom. The van der Waals surface area contributed by atoms with Crippen LogP contribution in [0.2, 0.25) is 0 Å². The number of piperidine rings is 1. The smallest absolute Gasteiger partial charge is 0.251 e. The topological polar surface area (TPSA) is 95.6 Å². The van der Waals surface area contributed by atoms with Gasteiger partial charge in [0.25, 0.3) is 5.91 Å². The molecule has 0 spiro atoms. The molecule has 0 aliphatic carbocycles. The first-order valence-corrected chi connectivity index (χ1v) is 10.5. The summed E-state index contributed by atoms with van der Waals surface area (Å²) >= 11 is 0. The summed E-state index contributed by atoms with van der Waals surface area (Å²) in [6.45, 7) is 7.00. The van der Waals surface area contributed by atoms with Gasteiger partial charge in [-0.3, -0.25) is 14.3 Å². The van der Waals surface area contributed by atoms with Gasteiger partial charge < -0.3 is 10.2 Å². The lowest BCUT2D eigenvalue weighted by atomic mass is 9.93. The number of hydrogen-bond donors (Lipinski definition) is 2. The molecule has 1 fully saturated rings. The second-order valence-corrected chi connectivity index (χ2v) is 9.49. The largest absolute Gasteiger partial charge is 0.349 e. The average Bonchev–Trinajstić information content (AvgIpc) is 2.53. The Morgan fingerprint density at radius 2 is 1.62 bits per heavy atom. The molecule has 7 nitrogen and oxygen atoms in total. The minimum atomic E-state index is -3.34. The Kier molecular flexibility index (Phi) is 5.95. The molecular weight excluding hydrogens is 354 g/mol. The molecule has 0 aromatic heterocycles. The van der Waals surface area contributed by atoms with Crippen LogP contribution in [0.4, 0.5) is 5.69 Å². The van der Waals surface area contributed by atoms with Gasteiger partial charge in [0.15, 0.2) is 0 Å². The fourth-order valence-corrected chi connectivity index (χ4v) is 3.44. The van der Waals surface area contributed by atoms with Crippen LogP contribution in [0.3, 0.4) is 0 Å². The molecule has 1 aromatic carbocycles. The minimum absolute atomic E-state index is 0.0281. The highest BCUT2D eigenvalue weighted by Gasteiger charge is 2.30. The van der Waals surface area contributed by atoms with Crippen molar-refractivity contribution >= 4 is 27.5 Å². The summed E-state index contributed by atoms with van der Waals surface area (Å²) in [5.41, 5.74) is 0.494. The summed E-state index contributed by atoms with van der Waals surface area (Å²) in [6.07, 6.45) is 2.52. The van der Waals surface area contributed by atoms with Gasteiger partial charge in [0.05, 0.1) is 6.26 Å². The molecule has 26 heavy (non-hydrogen) atoms. The van der Waals surface area contributed by atoms with Gasteiger partial charge in [0, 0.05) is 35.8 Å². The van der Waals surface area contributed by atoms with E-state index in [0.717, 1.165) is 19.1 Å². The van der Waals surface area contributed by atoms with Crippen LogP contribution >= 0.6 is 0 Å². The molecule has 1 heterocycles. The van der Waals surface area contributed by atoms with Gasteiger partial charge in [-0.05, 0) is 37.1 Å². The fourth-order valence-electron chi connectivity index (χ4n) is 2.87. The Labute approximate surface area is 155 Å². The number of anilines is 1. The van der Waals surface area contributed by atoms with E-state index >= 15 is 0 Å². The van der Waals surface area contributed by atoms with Crippen molar-refractivity contribution in [3.05, 3.63) is 29.8 Å². The molecule has 0 unspecified atom stereocenters. The van der Waals surface area contributed by atoms with Gasteiger partial charge in [-0.25, -0.2) is 8.42 Å². The van der Waals surface area contributed by atoms with Crippen LogP contribution in [0.5, 0.6) is 0 Å². The van der Waals surface area contributed by atoms with Crippen molar-refractivity contribution in [1.29, 1.82) is 0 Å². The van der Waals surface area contributed by atoms with Crippen molar-refractivity contribution in [2.45, 2.75) is 39.7 Å². The molecule has 144 valence electrons. The summed E-state index contributed by atoms with van der Waals surface area (Å²) in [6, 6.07) is 6.31. The fraction of sp³-hybridized carbons (Fsp3) is 0.556. The van der Waals surface area contributed by atoms with Crippen LogP contribution in [0, 0.1) is 5.41 Å².